The van der Waals surface area contributed by atoms with Gasteiger partial charge in [-0.15, -0.1) is 0 Å². The molecule has 0 saturated carbocycles. The van der Waals surface area contributed by atoms with Crippen LogP contribution in [0.5, 0.6) is 0 Å². The molecule has 0 amide bonds. The van der Waals surface area contributed by atoms with E-state index in [0.29, 0.717) is 0 Å². The fourth-order valence-corrected chi connectivity index (χ4v) is 1.04. The van der Waals surface area contributed by atoms with Crippen LogP contribution >= 0.6 is 0 Å². The largest absolute Gasteiger partial charge is 0.374 e. The van der Waals surface area contributed by atoms with Crippen LogP contribution in [-0.2, 0) is 0 Å². The van der Waals surface area contributed by atoms with E-state index in [1.807, 2.05) is 45.3 Å². The van der Waals surface area contributed by atoms with Crippen LogP contribution in [0.4, 0.5) is 0 Å². The Morgan fingerprint density at radius 3 is 2.08 bits per heavy atom. The van der Waals surface area contributed by atoms with E-state index in [0.717, 1.165) is 5.56 Å². The van der Waals surface area contributed by atoms with E-state index < -0.39 is 6.23 Å². The summed E-state index contributed by atoms with van der Waals surface area (Å²) in [6.07, 6.45) is -0.495. The maximum Gasteiger partial charge on any atom is 0.133 e. The van der Waals surface area contributed by atoms with Crippen LogP contribution in [0.25, 0.3) is 0 Å². The van der Waals surface area contributed by atoms with Crippen LogP contribution in [0.2, 0.25) is 0 Å². The highest BCUT2D eigenvalue weighted by Crippen LogP contribution is 2.14. The maximum absolute atomic E-state index is 9.61. The molecule has 1 unspecified atom stereocenters. The fourth-order valence-electron chi connectivity index (χ4n) is 1.04. The SMILES string of the molecule is Cc1ccc(C(O)N(C)C)cc1. The summed E-state index contributed by atoms with van der Waals surface area (Å²) in [4.78, 5) is 1.77. The second-order valence-electron chi connectivity index (χ2n) is 3.25. The summed E-state index contributed by atoms with van der Waals surface area (Å²) >= 11 is 0. The van der Waals surface area contributed by atoms with Gasteiger partial charge < -0.3 is 5.11 Å². The first-order valence-electron chi connectivity index (χ1n) is 4.02. The highest BCUT2D eigenvalue weighted by atomic mass is 16.3. The Bertz CT molecular complexity index is 241. The van der Waals surface area contributed by atoms with E-state index in [2.05, 4.69) is 0 Å². The van der Waals surface area contributed by atoms with E-state index in [9.17, 15) is 5.11 Å². The van der Waals surface area contributed by atoms with Crippen molar-refractivity contribution in [2.24, 2.45) is 0 Å². The van der Waals surface area contributed by atoms with E-state index in [4.69, 9.17) is 0 Å². The van der Waals surface area contributed by atoms with Crippen LogP contribution in [0.3, 0.4) is 0 Å². The van der Waals surface area contributed by atoms with Gasteiger partial charge in [0.2, 0.25) is 0 Å². The van der Waals surface area contributed by atoms with Crippen LogP contribution in [-0.4, -0.2) is 24.1 Å². The number of nitrogens with zero attached hydrogens (tertiary/aromatic N) is 1. The predicted octanol–water partition coefficient (Wildman–Crippen LogP) is 1.55. The summed E-state index contributed by atoms with van der Waals surface area (Å²) in [5, 5.41) is 9.61. The number of aryl methyl sites for hydroxylation is 1. The Morgan fingerprint density at radius 2 is 1.67 bits per heavy atom. The van der Waals surface area contributed by atoms with Gasteiger partial charge in [0.05, 0.1) is 0 Å². The first kappa shape index (κ1) is 9.23. The highest BCUT2D eigenvalue weighted by Gasteiger charge is 2.07. The van der Waals surface area contributed by atoms with Crippen molar-refractivity contribution in [3.63, 3.8) is 0 Å². The molecular weight excluding hydrogens is 150 g/mol. The first-order chi connectivity index (χ1) is 5.61. The van der Waals surface area contributed by atoms with Crippen LogP contribution in [0, 0.1) is 6.92 Å². The number of benzene rings is 1. The first-order valence-corrected chi connectivity index (χ1v) is 4.02. The Kier molecular flexibility index (Phi) is 2.84. The molecule has 66 valence electrons. The number of rotatable bonds is 2. The quantitative estimate of drug-likeness (QED) is 0.672. The van der Waals surface area contributed by atoms with Crippen LogP contribution in [0.1, 0.15) is 17.4 Å². The summed E-state index contributed by atoms with van der Waals surface area (Å²) in [6.45, 7) is 2.03. The lowest BCUT2D eigenvalue weighted by molar-refractivity contribution is 0.0395. The Hall–Kier alpha value is -0.860. The van der Waals surface area contributed by atoms with Gasteiger partial charge in [-0.2, -0.15) is 0 Å². The second kappa shape index (κ2) is 3.70. The zero-order chi connectivity index (χ0) is 9.14. The lowest BCUT2D eigenvalue weighted by Gasteiger charge is -2.18. The van der Waals surface area contributed by atoms with Gasteiger partial charge in [0, 0.05) is 0 Å². The van der Waals surface area contributed by atoms with Gasteiger partial charge in [-0.05, 0) is 26.6 Å². The third kappa shape index (κ3) is 2.06. The maximum atomic E-state index is 9.61. The standard InChI is InChI=1S/C10H15NO/c1-8-4-6-9(7-5-8)10(12)11(2)3/h4-7,10,12H,1-3H3. The monoisotopic (exact) mass is 165 g/mol. The molecule has 1 N–H and O–H groups in total. The third-order valence-corrected chi connectivity index (χ3v) is 1.86. The molecule has 0 spiro atoms. The molecule has 1 rings (SSSR count). The molecule has 0 aliphatic rings. The van der Waals surface area contributed by atoms with Crippen molar-refractivity contribution in [2.45, 2.75) is 13.2 Å². The van der Waals surface area contributed by atoms with Gasteiger partial charge >= 0.3 is 0 Å². The van der Waals surface area contributed by atoms with Crippen molar-refractivity contribution in [3.05, 3.63) is 35.4 Å². The van der Waals surface area contributed by atoms with E-state index in [1.165, 1.54) is 5.56 Å². The van der Waals surface area contributed by atoms with Crippen molar-refractivity contribution in [2.75, 3.05) is 14.1 Å². The number of hydrogen-bond acceptors (Lipinski definition) is 2. The van der Waals surface area contributed by atoms with Crippen molar-refractivity contribution >= 4 is 0 Å². The Balaban J connectivity index is 2.82. The molecule has 1 aromatic rings. The minimum Gasteiger partial charge on any atom is -0.374 e. The Morgan fingerprint density at radius 1 is 1.17 bits per heavy atom. The molecule has 2 heteroatoms. The van der Waals surface area contributed by atoms with Crippen LogP contribution in [0.15, 0.2) is 24.3 Å². The number of aliphatic hydroxyl groups is 1. The zero-order valence-electron chi connectivity index (χ0n) is 7.78. The summed E-state index contributed by atoms with van der Waals surface area (Å²) in [5.74, 6) is 0. The number of aliphatic hydroxyl groups excluding tert-OH is 1. The van der Waals surface area contributed by atoms with Crippen molar-refractivity contribution < 1.29 is 5.11 Å². The molecular formula is C10H15NO. The molecule has 0 aliphatic carbocycles. The average molecular weight is 165 g/mol. The lowest BCUT2D eigenvalue weighted by atomic mass is 10.1. The van der Waals surface area contributed by atoms with Crippen molar-refractivity contribution in [3.8, 4) is 0 Å². The molecule has 0 fully saturated rings. The van der Waals surface area contributed by atoms with Crippen LogP contribution < -0.4 is 0 Å². The predicted molar refractivity (Wildman–Crippen MR) is 49.8 cm³/mol. The molecule has 0 radical (unpaired) electrons. The van der Waals surface area contributed by atoms with Crippen molar-refractivity contribution in [1.29, 1.82) is 0 Å². The van der Waals surface area contributed by atoms with Gasteiger partial charge in [0.1, 0.15) is 6.23 Å². The third-order valence-electron chi connectivity index (χ3n) is 1.86. The fraction of sp³-hybridized carbons (Fsp3) is 0.400. The molecule has 1 atom stereocenters. The van der Waals surface area contributed by atoms with E-state index >= 15 is 0 Å². The number of hydrogen-bond donors (Lipinski definition) is 1. The van der Waals surface area contributed by atoms with Crippen molar-refractivity contribution in [1.82, 2.24) is 4.90 Å². The van der Waals surface area contributed by atoms with E-state index in [1.54, 1.807) is 4.90 Å². The molecule has 0 aromatic heterocycles. The molecule has 0 heterocycles. The summed E-state index contributed by atoms with van der Waals surface area (Å²) in [5.41, 5.74) is 2.15. The Labute approximate surface area is 73.4 Å². The molecule has 0 bridgehead atoms. The molecule has 1 aromatic carbocycles. The minimum absolute atomic E-state index is 0.495. The summed E-state index contributed by atoms with van der Waals surface area (Å²) < 4.78 is 0. The summed E-state index contributed by atoms with van der Waals surface area (Å²) in [7, 11) is 3.70. The zero-order valence-corrected chi connectivity index (χ0v) is 7.78. The topological polar surface area (TPSA) is 23.5 Å². The highest BCUT2D eigenvalue weighted by molar-refractivity contribution is 5.22. The molecule has 0 aliphatic heterocycles. The lowest BCUT2D eigenvalue weighted by Crippen LogP contribution is -2.18. The smallest absolute Gasteiger partial charge is 0.133 e. The van der Waals surface area contributed by atoms with Gasteiger partial charge in [0.25, 0.3) is 0 Å². The average Bonchev–Trinajstić information content (AvgIpc) is 2.04. The van der Waals surface area contributed by atoms with Gasteiger partial charge in [-0.3, -0.25) is 4.90 Å². The molecule has 2 nitrogen and oxygen atoms in total. The van der Waals surface area contributed by atoms with Gasteiger partial charge in [-0.1, -0.05) is 29.8 Å². The normalized spacial score (nSPS) is 13.4. The summed E-state index contributed by atoms with van der Waals surface area (Å²) in [6, 6.07) is 7.89. The molecule has 12 heavy (non-hydrogen) atoms. The van der Waals surface area contributed by atoms with Gasteiger partial charge in [-0.25, -0.2) is 0 Å². The minimum atomic E-state index is -0.495. The second-order valence-corrected chi connectivity index (χ2v) is 3.25. The van der Waals surface area contributed by atoms with Gasteiger partial charge in [0.15, 0.2) is 0 Å². The van der Waals surface area contributed by atoms with E-state index in [-0.39, 0.29) is 0 Å². The molecule has 0 saturated heterocycles.